The molecule has 0 atom stereocenters. The number of hydrogen-bond acceptors (Lipinski definition) is 8. The lowest BCUT2D eigenvalue weighted by Crippen LogP contribution is -2.18. The molecule has 0 aliphatic heterocycles. The minimum atomic E-state index is -0.542. The number of aromatic amines is 1. The van der Waals surface area contributed by atoms with Crippen LogP contribution < -0.4 is 19.6 Å². The Bertz CT molecular complexity index is 1140. The predicted octanol–water partition coefficient (Wildman–Crippen LogP) is 2.77. The standard InChI is InChI=1S/C20H19N5O6/c1-29-17-10-19(31-3)18(30-2)8-13(17)11-21-24-20(26)16-9-15(22-23-16)12-5-4-6-14(7-12)25(27)28/h4-11H,1-3H3,(H,22,23)(H,24,26)/b21-11-. The number of carbonyl (C=O) groups excluding carboxylic acids is 1. The van der Waals surface area contributed by atoms with E-state index < -0.39 is 10.8 Å². The van der Waals surface area contributed by atoms with Gasteiger partial charge >= 0.3 is 0 Å². The number of hydrazone groups is 1. The van der Waals surface area contributed by atoms with E-state index in [1.165, 1.54) is 45.7 Å². The van der Waals surface area contributed by atoms with E-state index >= 15 is 0 Å². The highest BCUT2D eigenvalue weighted by molar-refractivity contribution is 5.94. The number of nitro benzene ring substituents is 1. The minimum Gasteiger partial charge on any atom is -0.496 e. The molecule has 1 aromatic heterocycles. The molecule has 11 heteroatoms. The van der Waals surface area contributed by atoms with Crippen molar-refractivity contribution in [3.05, 3.63) is 63.8 Å². The number of carbonyl (C=O) groups is 1. The molecule has 0 saturated carbocycles. The summed E-state index contributed by atoms with van der Waals surface area (Å²) in [4.78, 5) is 22.8. The Hall–Kier alpha value is -4.41. The molecule has 11 nitrogen and oxygen atoms in total. The zero-order valence-electron chi connectivity index (χ0n) is 16.9. The highest BCUT2D eigenvalue weighted by atomic mass is 16.6. The Morgan fingerprint density at radius 1 is 1.10 bits per heavy atom. The summed E-state index contributed by atoms with van der Waals surface area (Å²) >= 11 is 0. The molecule has 1 heterocycles. The van der Waals surface area contributed by atoms with Crippen LogP contribution in [0.3, 0.4) is 0 Å². The molecule has 0 bridgehead atoms. The number of benzene rings is 2. The fraction of sp³-hybridized carbons (Fsp3) is 0.150. The van der Waals surface area contributed by atoms with Crippen LogP contribution in [0.5, 0.6) is 17.2 Å². The third-order valence-electron chi connectivity index (χ3n) is 4.28. The number of hydrogen-bond donors (Lipinski definition) is 2. The van der Waals surface area contributed by atoms with Crippen LogP contribution in [0.25, 0.3) is 11.3 Å². The van der Waals surface area contributed by atoms with Crippen LogP contribution in [0.2, 0.25) is 0 Å². The first-order chi connectivity index (χ1) is 15.0. The highest BCUT2D eigenvalue weighted by Crippen LogP contribution is 2.33. The summed E-state index contributed by atoms with van der Waals surface area (Å²) in [5.74, 6) is 0.905. The molecule has 2 aromatic carbocycles. The molecule has 3 aromatic rings. The van der Waals surface area contributed by atoms with Crippen molar-refractivity contribution in [2.75, 3.05) is 21.3 Å². The number of non-ortho nitro benzene ring substituents is 1. The first kappa shape index (κ1) is 21.3. The molecule has 0 aliphatic rings. The van der Waals surface area contributed by atoms with Gasteiger partial charge in [0.2, 0.25) is 0 Å². The van der Waals surface area contributed by atoms with E-state index in [2.05, 4.69) is 20.7 Å². The van der Waals surface area contributed by atoms with E-state index in [4.69, 9.17) is 14.2 Å². The zero-order valence-corrected chi connectivity index (χ0v) is 16.9. The van der Waals surface area contributed by atoms with Crippen molar-refractivity contribution >= 4 is 17.8 Å². The molecular formula is C20H19N5O6. The van der Waals surface area contributed by atoms with E-state index in [0.717, 1.165) is 0 Å². The van der Waals surface area contributed by atoms with Crippen LogP contribution in [0.15, 0.2) is 47.6 Å². The summed E-state index contributed by atoms with van der Waals surface area (Å²) in [5, 5.41) is 21.5. The van der Waals surface area contributed by atoms with Gasteiger partial charge in [-0.15, -0.1) is 0 Å². The first-order valence-electron chi connectivity index (χ1n) is 8.90. The van der Waals surface area contributed by atoms with Crippen LogP contribution in [0, 0.1) is 10.1 Å². The number of amides is 1. The highest BCUT2D eigenvalue weighted by Gasteiger charge is 2.14. The number of H-pyrrole nitrogens is 1. The van der Waals surface area contributed by atoms with Gasteiger partial charge < -0.3 is 14.2 Å². The Labute approximate surface area is 176 Å². The second-order valence-corrected chi connectivity index (χ2v) is 6.12. The fourth-order valence-corrected chi connectivity index (χ4v) is 2.74. The lowest BCUT2D eigenvalue weighted by Gasteiger charge is -2.11. The maximum Gasteiger partial charge on any atom is 0.289 e. The van der Waals surface area contributed by atoms with Gasteiger partial charge in [0.25, 0.3) is 11.6 Å². The van der Waals surface area contributed by atoms with Crippen molar-refractivity contribution in [3.63, 3.8) is 0 Å². The minimum absolute atomic E-state index is 0.0695. The van der Waals surface area contributed by atoms with Crippen LogP contribution in [-0.2, 0) is 0 Å². The predicted molar refractivity (Wildman–Crippen MR) is 112 cm³/mol. The number of nitrogens with zero attached hydrogens (tertiary/aromatic N) is 3. The topological polar surface area (TPSA) is 141 Å². The Balaban J connectivity index is 1.74. The molecule has 1 amide bonds. The molecule has 0 saturated heterocycles. The summed E-state index contributed by atoms with van der Waals surface area (Å²) < 4.78 is 15.8. The molecule has 3 rings (SSSR count). The van der Waals surface area contributed by atoms with Crippen LogP contribution in [0.1, 0.15) is 16.1 Å². The lowest BCUT2D eigenvalue weighted by molar-refractivity contribution is -0.384. The Kier molecular flexibility index (Phi) is 6.45. The second kappa shape index (κ2) is 9.39. The number of methoxy groups -OCH3 is 3. The van der Waals surface area contributed by atoms with Gasteiger partial charge in [-0.2, -0.15) is 10.2 Å². The van der Waals surface area contributed by atoms with E-state index in [1.54, 1.807) is 24.3 Å². The SMILES string of the molecule is COc1cc(OC)c(OC)cc1/C=N\NC(=O)c1cc(-c2cccc([N+](=O)[O-])c2)n[nH]1. The number of nitro groups is 1. The zero-order chi connectivity index (χ0) is 22.4. The Morgan fingerprint density at radius 3 is 2.48 bits per heavy atom. The molecule has 0 fully saturated rings. The van der Waals surface area contributed by atoms with Crippen LogP contribution >= 0.6 is 0 Å². The second-order valence-electron chi connectivity index (χ2n) is 6.12. The van der Waals surface area contributed by atoms with Crippen molar-refractivity contribution in [2.45, 2.75) is 0 Å². The lowest BCUT2D eigenvalue weighted by atomic mass is 10.1. The van der Waals surface area contributed by atoms with Gasteiger partial charge in [-0.25, -0.2) is 5.43 Å². The molecule has 0 aliphatic carbocycles. The molecule has 0 unspecified atom stereocenters. The summed E-state index contributed by atoms with van der Waals surface area (Å²) in [7, 11) is 4.51. The van der Waals surface area contributed by atoms with Crippen molar-refractivity contribution in [3.8, 4) is 28.5 Å². The Morgan fingerprint density at radius 2 is 1.81 bits per heavy atom. The molecule has 2 N–H and O–H groups in total. The molecule has 160 valence electrons. The third-order valence-corrected chi connectivity index (χ3v) is 4.28. The smallest absolute Gasteiger partial charge is 0.289 e. The van der Waals surface area contributed by atoms with Gasteiger partial charge in [0, 0.05) is 29.3 Å². The van der Waals surface area contributed by atoms with E-state index in [1.807, 2.05) is 0 Å². The van der Waals surface area contributed by atoms with Crippen molar-refractivity contribution < 1.29 is 23.9 Å². The average molecular weight is 425 g/mol. The normalized spacial score (nSPS) is 10.7. The van der Waals surface area contributed by atoms with E-state index in [-0.39, 0.29) is 11.4 Å². The molecule has 0 spiro atoms. The maximum absolute atomic E-state index is 12.4. The quantitative estimate of drug-likeness (QED) is 0.321. The summed E-state index contributed by atoms with van der Waals surface area (Å²) in [6.07, 6.45) is 1.40. The first-order valence-corrected chi connectivity index (χ1v) is 8.90. The summed E-state index contributed by atoms with van der Waals surface area (Å²) in [6, 6.07) is 10.7. The molecule has 31 heavy (non-hydrogen) atoms. The number of rotatable bonds is 8. The monoisotopic (exact) mass is 425 g/mol. The van der Waals surface area contributed by atoms with Gasteiger partial charge in [0.05, 0.1) is 38.2 Å². The molecule has 0 radical (unpaired) electrons. The van der Waals surface area contributed by atoms with Gasteiger partial charge in [-0.1, -0.05) is 12.1 Å². The van der Waals surface area contributed by atoms with Crippen molar-refractivity contribution in [1.82, 2.24) is 15.6 Å². The maximum atomic E-state index is 12.4. The van der Waals surface area contributed by atoms with Gasteiger partial charge in [0.15, 0.2) is 11.5 Å². The van der Waals surface area contributed by atoms with E-state index in [0.29, 0.717) is 34.1 Å². The van der Waals surface area contributed by atoms with Crippen LogP contribution in [0.4, 0.5) is 5.69 Å². The van der Waals surface area contributed by atoms with Crippen molar-refractivity contribution in [2.24, 2.45) is 5.10 Å². The number of nitrogens with one attached hydrogen (secondary N) is 2. The molecular weight excluding hydrogens is 406 g/mol. The summed E-state index contributed by atoms with van der Waals surface area (Å²) in [5.41, 5.74) is 3.90. The largest absolute Gasteiger partial charge is 0.496 e. The van der Waals surface area contributed by atoms with Gasteiger partial charge in [-0.05, 0) is 12.1 Å². The van der Waals surface area contributed by atoms with Crippen molar-refractivity contribution in [1.29, 1.82) is 0 Å². The average Bonchev–Trinajstić information content (AvgIpc) is 3.29. The van der Waals surface area contributed by atoms with Gasteiger partial charge in [0.1, 0.15) is 11.4 Å². The summed E-state index contributed by atoms with van der Waals surface area (Å²) in [6.45, 7) is 0. The van der Waals surface area contributed by atoms with E-state index in [9.17, 15) is 14.9 Å². The fourth-order valence-electron chi connectivity index (χ4n) is 2.74. The van der Waals surface area contributed by atoms with Crippen LogP contribution in [-0.4, -0.2) is 48.6 Å². The number of aromatic nitrogens is 2. The third kappa shape index (κ3) is 4.78. The number of ether oxygens (including phenoxy) is 3. The van der Waals surface area contributed by atoms with Gasteiger partial charge in [-0.3, -0.25) is 20.0 Å².